The summed E-state index contributed by atoms with van der Waals surface area (Å²) >= 11 is 0. The van der Waals surface area contributed by atoms with E-state index in [0.717, 1.165) is 6.07 Å². The van der Waals surface area contributed by atoms with Gasteiger partial charge in [-0.15, -0.1) is 0 Å². The number of phenols is 1. The molecule has 2 aromatic rings. The highest BCUT2D eigenvalue weighted by Crippen LogP contribution is 2.24. The molecule has 1 fully saturated rings. The van der Waals surface area contributed by atoms with Crippen molar-refractivity contribution < 1.29 is 19.1 Å². The molecule has 0 bridgehead atoms. The van der Waals surface area contributed by atoms with Crippen LogP contribution in [-0.4, -0.2) is 41.0 Å². The van der Waals surface area contributed by atoms with Gasteiger partial charge in [-0.2, -0.15) is 5.26 Å². The maximum atomic E-state index is 13.5. The zero-order valence-corrected chi connectivity index (χ0v) is 14.7. The van der Waals surface area contributed by atoms with Crippen molar-refractivity contribution >= 4 is 17.5 Å². The number of carbonyl (C=O) groups excluding carboxylic acids is 2. The number of nitrogens with zero attached hydrogens (tertiary/aromatic N) is 3. The Labute approximate surface area is 156 Å². The third-order valence-corrected chi connectivity index (χ3v) is 4.59. The molecule has 0 radical (unpaired) electrons. The number of carbonyl (C=O) groups is 2. The van der Waals surface area contributed by atoms with E-state index in [-0.39, 0.29) is 37.4 Å². The topological polar surface area (TPSA) is 84.6 Å². The predicted octanol–water partition coefficient (Wildman–Crippen LogP) is 2.21. The van der Waals surface area contributed by atoms with E-state index in [1.54, 1.807) is 24.3 Å². The lowest BCUT2D eigenvalue weighted by molar-refractivity contribution is -0.138. The van der Waals surface area contributed by atoms with Crippen LogP contribution in [0.5, 0.6) is 5.75 Å². The highest BCUT2D eigenvalue weighted by atomic mass is 19.1. The number of anilines is 1. The Bertz CT molecular complexity index is 938. The Balaban J connectivity index is 1.75. The van der Waals surface area contributed by atoms with E-state index >= 15 is 0 Å². The van der Waals surface area contributed by atoms with Crippen molar-refractivity contribution in [3.63, 3.8) is 0 Å². The van der Waals surface area contributed by atoms with Crippen LogP contribution in [0, 0.1) is 17.1 Å². The summed E-state index contributed by atoms with van der Waals surface area (Å²) in [5, 5.41) is 18.5. The van der Waals surface area contributed by atoms with Crippen molar-refractivity contribution in [2.75, 3.05) is 18.0 Å². The molecule has 0 spiro atoms. The Morgan fingerprint density at radius 3 is 2.78 bits per heavy atom. The molecule has 1 aliphatic rings. The minimum Gasteiger partial charge on any atom is -0.505 e. The first kappa shape index (κ1) is 18.4. The second-order valence-corrected chi connectivity index (χ2v) is 6.47. The van der Waals surface area contributed by atoms with E-state index in [1.807, 2.05) is 6.92 Å². The molecule has 6 nitrogen and oxygen atoms in total. The van der Waals surface area contributed by atoms with Crippen molar-refractivity contribution in [3.8, 4) is 11.8 Å². The predicted molar refractivity (Wildman–Crippen MR) is 96.5 cm³/mol. The van der Waals surface area contributed by atoms with Gasteiger partial charge >= 0.3 is 0 Å². The molecule has 27 heavy (non-hydrogen) atoms. The summed E-state index contributed by atoms with van der Waals surface area (Å²) in [5.41, 5.74) is 1.36. The van der Waals surface area contributed by atoms with Gasteiger partial charge in [-0.05, 0) is 36.8 Å². The number of hydrogen-bond donors (Lipinski definition) is 1. The zero-order chi connectivity index (χ0) is 19.6. The number of amides is 2. The molecule has 1 atom stereocenters. The largest absolute Gasteiger partial charge is 0.505 e. The fraction of sp³-hybridized carbons (Fsp3) is 0.250. The van der Waals surface area contributed by atoms with E-state index in [9.17, 15) is 24.3 Å². The molecule has 2 aromatic carbocycles. The van der Waals surface area contributed by atoms with Gasteiger partial charge in [0.15, 0.2) is 11.6 Å². The number of halogens is 1. The Morgan fingerprint density at radius 2 is 2.07 bits per heavy atom. The lowest BCUT2D eigenvalue weighted by atomic mass is 10.1. The second kappa shape index (κ2) is 7.46. The van der Waals surface area contributed by atoms with Crippen molar-refractivity contribution in [1.29, 1.82) is 5.26 Å². The van der Waals surface area contributed by atoms with Crippen molar-refractivity contribution in [3.05, 3.63) is 59.4 Å². The van der Waals surface area contributed by atoms with Gasteiger partial charge in [0, 0.05) is 12.6 Å². The second-order valence-electron chi connectivity index (χ2n) is 6.47. The molecular formula is C20H18FN3O3. The molecule has 1 saturated heterocycles. The molecule has 7 heteroatoms. The number of benzene rings is 2. The number of phenolic OH excluding ortho intramolecular Hbond substituents is 1. The maximum absolute atomic E-state index is 13.5. The Kier molecular flexibility index (Phi) is 5.08. The fourth-order valence-corrected chi connectivity index (χ4v) is 3.16. The fourth-order valence-electron chi connectivity index (χ4n) is 3.16. The van der Waals surface area contributed by atoms with Crippen LogP contribution >= 0.6 is 0 Å². The van der Waals surface area contributed by atoms with Crippen molar-refractivity contribution in [2.45, 2.75) is 19.4 Å². The first-order chi connectivity index (χ1) is 12.9. The summed E-state index contributed by atoms with van der Waals surface area (Å²) in [6.07, 6.45) is -0.0659. The molecule has 1 unspecified atom stereocenters. The standard InChI is InChI=1S/C20H18FN3O3/c1-13-11-24(17-5-3-2-4-15(17)10-22)20(27)12-23(13)19(26)9-14-6-7-18(25)16(21)8-14/h2-8,13,25H,9,11-12H2,1H3. The minimum atomic E-state index is -0.789. The summed E-state index contributed by atoms with van der Waals surface area (Å²) in [6, 6.07) is 12.4. The summed E-state index contributed by atoms with van der Waals surface area (Å²) in [7, 11) is 0. The van der Waals surface area contributed by atoms with Gasteiger partial charge in [-0.25, -0.2) is 4.39 Å². The monoisotopic (exact) mass is 367 g/mol. The Morgan fingerprint density at radius 1 is 1.33 bits per heavy atom. The molecule has 1 heterocycles. The highest BCUT2D eigenvalue weighted by Gasteiger charge is 2.33. The molecule has 0 saturated carbocycles. The van der Waals surface area contributed by atoms with Crippen LogP contribution < -0.4 is 4.90 Å². The van der Waals surface area contributed by atoms with Gasteiger partial charge < -0.3 is 14.9 Å². The van der Waals surface area contributed by atoms with Gasteiger partial charge in [0.05, 0.1) is 17.7 Å². The van der Waals surface area contributed by atoms with E-state index < -0.39 is 11.6 Å². The number of hydrogen-bond acceptors (Lipinski definition) is 4. The minimum absolute atomic E-state index is 0.0659. The summed E-state index contributed by atoms with van der Waals surface area (Å²) in [4.78, 5) is 28.2. The zero-order valence-electron chi connectivity index (χ0n) is 14.7. The third kappa shape index (κ3) is 3.75. The molecule has 3 rings (SSSR count). The van der Waals surface area contributed by atoms with Crippen LogP contribution in [-0.2, 0) is 16.0 Å². The average molecular weight is 367 g/mol. The lowest BCUT2D eigenvalue weighted by Gasteiger charge is -2.39. The Hall–Kier alpha value is -3.40. The van der Waals surface area contributed by atoms with E-state index in [4.69, 9.17) is 0 Å². The summed E-state index contributed by atoms with van der Waals surface area (Å²) in [5.74, 6) is -1.84. The van der Waals surface area contributed by atoms with Crippen molar-refractivity contribution in [1.82, 2.24) is 4.90 Å². The van der Waals surface area contributed by atoms with Gasteiger partial charge in [-0.1, -0.05) is 18.2 Å². The smallest absolute Gasteiger partial charge is 0.246 e. The van der Waals surface area contributed by atoms with Crippen LogP contribution in [0.15, 0.2) is 42.5 Å². The number of rotatable bonds is 3. The van der Waals surface area contributed by atoms with Crippen LogP contribution in [0.25, 0.3) is 0 Å². The van der Waals surface area contributed by atoms with Gasteiger partial charge in [0.2, 0.25) is 11.8 Å². The molecule has 1 N–H and O–H groups in total. The first-order valence-corrected chi connectivity index (χ1v) is 8.47. The van der Waals surface area contributed by atoms with Gasteiger partial charge in [-0.3, -0.25) is 9.59 Å². The SMILES string of the molecule is CC1CN(c2ccccc2C#N)C(=O)CN1C(=O)Cc1ccc(O)c(F)c1. The average Bonchev–Trinajstić information content (AvgIpc) is 2.66. The third-order valence-electron chi connectivity index (χ3n) is 4.59. The molecule has 0 aromatic heterocycles. The van der Waals surface area contributed by atoms with Gasteiger partial charge in [0.1, 0.15) is 12.6 Å². The lowest BCUT2D eigenvalue weighted by Crippen LogP contribution is -2.57. The molecule has 1 aliphatic heterocycles. The normalized spacial score (nSPS) is 16.9. The van der Waals surface area contributed by atoms with Crippen LogP contribution in [0.2, 0.25) is 0 Å². The van der Waals surface area contributed by atoms with Gasteiger partial charge in [0.25, 0.3) is 0 Å². The quantitative estimate of drug-likeness (QED) is 0.901. The summed E-state index contributed by atoms with van der Waals surface area (Å²) < 4.78 is 13.5. The number of piperazine rings is 1. The van der Waals surface area contributed by atoms with Crippen molar-refractivity contribution in [2.24, 2.45) is 0 Å². The van der Waals surface area contributed by atoms with Crippen LogP contribution in [0.4, 0.5) is 10.1 Å². The van der Waals surface area contributed by atoms with Crippen LogP contribution in [0.1, 0.15) is 18.1 Å². The van der Waals surface area contributed by atoms with E-state index in [1.165, 1.54) is 21.9 Å². The molecule has 0 aliphatic carbocycles. The number of aromatic hydroxyl groups is 1. The number of nitriles is 1. The maximum Gasteiger partial charge on any atom is 0.246 e. The van der Waals surface area contributed by atoms with Crippen LogP contribution in [0.3, 0.4) is 0 Å². The van der Waals surface area contributed by atoms with E-state index in [0.29, 0.717) is 16.8 Å². The van der Waals surface area contributed by atoms with E-state index in [2.05, 4.69) is 6.07 Å². The summed E-state index contributed by atoms with van der Waals surface area (Å²) in [6.45, 7) is 1.98. The highest BCUT2D eigenvalue weighted by molar-refractivity contribution is 5.99. The number of para-hydroxylation sites is 1. The molecule has 138 valence electrons. The molecular weight excluding hydrogens is 349 g/mol. The molecule has 2 amide bonds. The first-order valence-electron chi connectivity index (χ1n) is 8.47.